The fourth-order valence-electron chi connectivity index (χ4n) is 2.59. The smallest absolute Gasteiger partial charge is 0.320 e. The molecule has 0 aliphatic rings. The number of thioether (sulfide) groups is 1. The van der Waals surface area contributed by atoms with Gasteiger partial charge >= 0.3 is 5.97 Å². The lowest BCUT2D eigenvalue weighted by molar-refractivity contribution is -0.139. The monoisotopic (exact) mass is 461 g/mol. The van der Waals surface area contributed by atoms with Crippen molar-refractivity contribution in [1.82, 2.24) is 5.32 Å². The summed E-state index contributed by atoms with van der Waals surface area (Å²) >= 11 is 14.0. The van der Waals surface area contributed by atoms with Crippen LogP contribution in [0.4, 0.5) is 4.39 Å². The van der Waals surface area contributed by atoms with Gasteiger partial charge in [-0.25, -0.2) is 4.39 Å². The lowest BCUT2D eigenvalue weighted by Crippen LogP contribution is -2.36. The van der Waals surface area contributed by atoms with Gasteiger partial charge in [0.25, 0.3) is 0 Å². The van der Waals surface area contributed by atoms with E-state index in [9.17, 15) is 14.3 Å². The summed E-state index contributed by atoms with van der Waals surface area (Å²) in [4.78, 5) is 11.4. The summed E-state index contributed by atoms with van der Waals surface area (Å²) in [6.45, 7) is 0.397. The summed E-state index contributed by atoms with van der Waals surface area (Å²) in [6, 6.07) is 6.82. The zero-order valence-corrected chi connectivity index (χ0v) is 18.3. The molecule has 0 amide bonds. The van der Waals surface area contributed by atoms with Crippen LogP contribution in [0.3, 0.4) is 0 Å². The van der Waals surface area contributed by atoms with Crippen LogP contribution >= 0.6 is 35.0 Å². The molecule has 5 nitrogen and oxygen atoms in total. The van der Waals surface area contributed by atoms with Gasteiger partial charge in [-0.3, -0.25) is 4.79 Å². The largest absolute Gasteiger partial charge is 0.493 e. The summed E-state index contributed by atoms with van der Waals surface area (Å²) in [6.07, 6.45) is 2.45. The van der Waals surface area contributed by atoms with Crippen molar-refractivity contribution < 1.29 is 23.8 Å². The lowest BCUT2D eigenvalue weighted by atomic mass is 10.1. The minimum atomic E-state index is -0.895. The molecule has 0 saturated heterocycles. The zero-order valence-electron chi connectivity index (χ0n) is 16.0. The van der Waals surface area contributed by atoms with Gasteiger partial charge in [-0.2, -0.15) is 11.8 Å². The second kappa shape index (κ2) is 11.5. The number of hydrogen-bond acceptors (Lipinski definition) is 5. The third kappa shape index (κ3) is 6.96. The van der Waals surface area contributed by atoms with Gasteiger partial charge in [0, 0.05) is 12.1 Å². The predicted molar refractivity (Wildman–Crippen MR) is 115 cm³/mol. The third-order valence-electron chi connectivity index (χ3n) is 4.14. The molecule has 0 saturated carbocycles. The van der Waals surface area contributed by atoms with Crippen LogP contribution in [0.5, 0.6) is 11.5 Å². The van der Waals surface area contributed by atoms with Crippen molar-refractivity contribution in [2.24, 2.45) is 0 Å². The van der Waals surface area contributed by atoms with Gasteiger partial charge in [0.2, 0.25) is 0 Å². The number of nitrogens with one attached hydrogen (secondary N) is 1. The van der Waals surface area contributed by atoms with Crippen molar-refractivity contribution in [1.29, 1.82) is 0 Å². The highest BCUT2D eigenvalue weighted by Gasteiger charge is 2.18. The van der Waals surface area contributed by atoms with Gasteiger partial charge < -0.3 is 19.9 Å². The zero-order chi connectivity index (χ0) is 21.4. The molecule has 2 rings (SSSR count). The molecule has 2 aromatic carbocycles. The molecular weight excluding hydrogens is 440 g/mol. The van der Waals surface area contributed by atoms with E-state index >= 15 is 0 Å². The van der Waals surface area contributed by atoms with E-state index in [0.29, 0.717) is 35.1 Å². The molecule has 2 aromatic rings. The third-order valence-corrected chi connectivity index (χ3v) is 5.41. The van der Waals surface area contributed by atoms with Crippen LogP contribution in [0.25, 0.3) is 0 Å². The van der Waals surface area contributed by atoms with E-state index in [4.69, 9.17) is 32.7 Å². The Labute approximate surface area is 183 Å². The maximum atomic E-state index is 13.2. The molecule has 0 bridgehead atoms. The number of aliphatic carboxylic acids is 1. The van der Waals surface area contributed by atoms with Crippen LogP contribution in [-0.2, 0) is 17.9 Å². The molecule has 0 aromatic heterocycles. The molecule has 1 atom stereocenters. The van der Waals surface area contributed by atoms with Crippen LogP contribution < -0.4 is 14.8 Å². The maximum absolute atomic E-state index is 13.2. The number of halogens is 3. The minimum absolute atomic E-state index is 0.0859. The fourth-order valence-corrected chi connectivity index (χ4v) is 3.57. The van der Waals surface area contributed by atoms with Gasteiger partial charge in [0.05, 0.1) is 17.2 Å². The van der Waals surface area contributed by atoms with Gasteiger partial charge in [-0.05, 0) is 48.3 Å². The number of hydrogen-bond donors (Lipinski definition) is 2. The number of rotatable bonds is 11. The number of carboxylic acids is 1. The second-order valence-corrected chi connectivity index (χ2v) is 7.99. The Balaban J connectivity index is 2.10. The Kier molecular flexibility index (Phi) is 9.36. The van der Waals surface area contributed by atoms with Crippen molar-refractivity contribution in [3.8, 4) is 11.5 Å². The molecule has 9 heteroatoms. The molecule has 0 fully saturated rings. The quantitative estimate of drug-likeness (QED) is 0.489. The van der Waals surface area contributed by atoms with Crippen LogP contribution in [0, 0.1) is 5.82 Å². The van der Waals surface area contributed by atoms with E-state index < -0.39 is 17.8 Å². The van der Waals surface area contributed by atoms with E-state index in [1.165, 1.54) is 25.3 Å². The Morgan fingerprint density at radius 1 is 1.28 bits per heavy atom. The predicted octanol–water partition coefficient (Wildman–Crippen LogP) is 5.02. The average Bonchev–Trinajstić information content (AvgIpc) is 2.67. The summed E-state index contributed by atoms with van der Waals surface area (Å²) in [5, 5.41) is 12.9. The van der Waals surface area contributed by atoms with Crippen molar-refractivity contribution >= 4 is 40.9 Å². The number of ether oxygens (including phenoxy) is 2. The summed E-state index contributed by atoms with van der Waals surface area (Å²) in [5.74, 6) is 0.155. The van der Waals surface area contributed by atoms with E-state index in [1.807, 2.05) is 6.26 Å². The number of carboxylic acid groups (broad SMARTS) is 1. The molecule has 0 radical (unpaired) electrons. The Morgan fingerprint density at radius 3 is 2.66 bits per heavy atom. The second-order valence-electron chi connectivity index (χ2n) is 6.19. The lowest BCUT2D eigenvalue weighted by Gasteiger charge is -2.17. The standard InChI is InChI=1S/C20H22Cl2FNO4S/c1-27-18-8-12(10-24-17(20(25)26)5-6-29-2)7-16(22)19(18)28-11-13-3-4-14(23)9-15(13)21/h3-4,7-9,17,24H,5-6,10-11H2,1-2H3,(H,25,26). The molecule has 158 valence electrons. The first kappa shape index (κ1) is 23.6. The Hall–Kier alpha value is -1.67. The van der Waals surface area contributed by atoms with Crippen LogP contribution in [0.15, 0.2) is 30.3 Å². The summed E-state index contributed by atoms with van der Waals surface area (Å²) < 4.78 is 24.3. The topological polar surface area (TPSA) is 67.8 Å². The van der Waals surface area contributed by atoms with Crippen LogP contribution in [0.1, 0.15) is 17.5 Å². The fraction of sp³-hybridized carbons (Fsp3) is 0.350. The molecule has 1 unspecified atom stereocenters. The minimum Gasteiger partial charge on any atom is -0.493 e. The maximum Gasteiger partial charge on any atom is 0.320 e. The molecular formula is C20H22Cl2FNO4S. The Bertz CT molecular complexity index is 853. The summed E-state index contributed by atoms with van der Waals surface area (Å²) in [5.41, 5.74) is 1.37. The van der Waals surface area contributed by atoms with Gasteiger partial charge in [-0.15, -0.1) is 0 Å². The molecule has 0 aliphatic heterocycles. The first-order valence-electron chi connectivity index (χ1n) is 8.74. The van der Waals surface area contributed by atoms with Crippen molar-refractivity contribution in [2.45, 2.75) is 25.6 Å². The highest BCUT2D eigenvalue weighted by Crippen LogP contribution is 2.37. The van der Waals surface area contributed by atoms with Crippen LogP contribution in [-0.4, -0.2) is 36.2 Å². The first-order chi connectivity index (χ1) is 13.8. The molecule has 0 aliphatic carbocycles. The SMILES string of the molecule is COc1cc(CNC(CCSC)C(=O)O)cc(Cl)c1OCc1ccc(F)cc1Cl. The van der Waals surface area contributed by atoms with E-state index in [2.05, 4.69) is 5.32 Å². The molecule has 29 heavy (non-hydrogen) atoms. The highest BCUT2D eigenvalue weighted by molar-refractivity contribution is 7.98. The normalized spacial score (nSPS) is 11.9. The number of benzene rings is 2. The number of carbonyl (C=O) groups is 1. The molecule has 0 spiro atoms. The average molecular weight is 462 g/mol. The van der Waals surface area contributed by atoms with Gasteiger partial charge in [0.1, 0.15) is 18.5 Å². The highest BCUT2D eigenvalue weighted by atomic mass is 35.5. The van der Waals surface area contributed by atoms with E-state index in [0.717, 1.165) is 11.3 Å². The van der Waals surface area contributed by atoms with Gasteiger partial charge in [-0.1, -0.05) is 29.3 Å². The first-order valence-corrected chi connectivity index (χ1v) is 10.9. The number of methoxy groups -OCH3 is 1. The van der Waals surface area contributed by atoms with Gasteiger partial charge in [0.15, 0.2) is 11.5 Å². The van der Waals surface area contributed by atoms with Crippen molar-refractivity contribution in [3.63, 3.8) is 0 Å². The van der Waals surface area contributed by atoms with Crippen molar-refractivity contribution in [3.05, 3.63) is 57.3 Å². The van der Waals surface area contributed by atoms with E-state index in [-0.39, 0.29) is 11.6 Å². The Morgan fingerprint density at radius 2 is 2.03 bits per heavy atom. The van der Waals surface area contributed by atoms with E-state index in [1.54, 1.807) is 23.9 Å². The molecule has 2 N–H and O–H groups in total. The molecule has 0 heterocycles. The summed E-state index contributed by atoms with van der Waals surface area (Å²) in [7, 11) is 1.49. The van der Waals surface area contributed by atoms with Crippen molar-refractivity contribution in [2.75, 3.05) is 19.1 Å². The van der Waals surface area contributed by atoms with Crippen LogP contribution in [0.2, 0.25) is 10.0 Å².